The molecule has 15 heavy (non-hydrogen) atoms. The molecule has 0 saturated carbocycles. The van der Waals surface area contributed by atoms with Crippen molar-refractivity contribution in [2.75, 3.05) is 0 Å². The van der Waals surface area contributed by atoms with E-state index in [1.807, 2.05) is 31.6 Å². The van der Waals surface area contributed by atoms with Gasteiger partial charge in [-0.15, -0.1) is 0 Å². The van der Waals surface area contributed by atoms with Crippen LogP contribution in [-0.4, -0.2) is 14.5 Å². The van der Waals surface area contributed by atoms with Crippen molar-refractivity contribution in [3.05, 3.63) is 46.2 Å². The Bertz CT molecular complexity index is 525. The summed E-state index contributed by atoms with van der Waals surface area (Å²) in [4.78, 5) is 7.16. The molecule has 1 N–H and O–H groups in total. The van der Waals surface area contributed by atoms with Crippen LogP contribution in [0, 0.1) is 18.6 Å². The van der Waals surface area contributed by atoms with Gasteiger partial charge in [0.25, 0.3) is 0 Å². The van der Waals surface area contributed by atoms with Gasteiger partial charge in [0.2, 0.25) is 0 Å². The fraction of sp³-hybridized carbons (Fsp3) is 0.273. The predicted octanol–water partition coefficient (Wildman–Crippen LogP) is 2.61. The maximum absolute atomic E-state index is 5.20. The van der Waals surface area contributed by atoms with Crippen molar-refractivity contribution in [3.63, 3.8) is 0 Å². The Labute approximate surface area is 93.8 Å². The molecule has 0 spiro atoms. The second-order valence-electron chi connectivity index (χ2n) is 3.62. The lowest BCUT2D eigenvalue weighted by Gasteiger charge is -2.07. The van der Waals surface area contributed by atoms with Crippen LogP contribution in [0.25, 0.3) is 0 Å². The summed E-state index contributed by atoms with van der Waals surface area (Å²) in [6.45, 7) is 4.91. The summed E-state index contributed by atoms with van der Waals surface area (Å²) in [7, 11) is 0. The van der Waals surface area contributed by atoms with Crippen molar-refractivity contribution in [3.8, 4) is 0 Å². The molecule has 2 heterocycles. The molecule has 0 aliphatic rings. The molecule has 4 heteroatoms. The Kier molecular flexibility index (Phi) is 2.68. The van der Waals surface area contributed by atoms with E-state index in [0.29, 0.717) is 0 Å². The molecule has 0 aromatic carbocycles. The first-order chi connectivity index (χ1) is 7.18. The van der Waals surface area contributed by atoms with Crippen LogP contribution in [-0.2, 0) is 6.54 Å². The van der Waals surface area contributed by atoms with Crippen molar-refractivity contribution in [2.24, 2.45) is 0 Å². The van der Waals surface area contributed by atoms with Crippen molar-refractivity contribution in [1.29, 1.82) is 0 Å². The summed E-state index contributed by atoms with van der Waals surface area (Å²) in [6, 6.07) is 2.01. The van der Waals surface area contributed by atoms with Crippen LogP contribution in [0.3, 0.4) is 0 Å². The molecule has 0 fully saturated rings. The van der Waals surface area contributed by atoms with E-state index in [2.05, 4.69) is 21.5 Å². The number of nitrogens with one attached hydrogen (secondary N) is 1. The number of aryl methyl sites for hydroxylation is 2. The van der Waals surface area contributed by atoms with E-state index in [1.165, 1.54) is 11.1 Å². The van der Waals surface area contributed by atoms with Gasteiger partial charge in [0, 0.05) is 24.3 Å². The van der Waals surface area contributed by atoms with Gasteiger partial charge in [-0.3, -0.25) is 4.98 Å². The van der Waals surface area contributed by atoms with Gasteiger partial charge >= 0.3 is 0 Å². The highest BCUT2D eigenvalue weighted by molar-refractivity contribution is 7.71. The zero-order valence-corrected chi connectivity index (χ0v) is 9.64. The Hall–Kier alpha value is -1.42. The van der Waals surface area contributed by atoms with Crippen LogP contribution in [0.4, 0.5) is 0 Å². The molecule has 0 radical (unpaired) electrons. The summed E-state index contributed by atoms with van der Waals surface area (Å²) in [5.41, 5.74) is 3.59. The molecule has 0 amide bonds. The average Bonchev–Trinajstić information content (AvgIpc) is 2.53. The topological polar surface area (TPSA) is 33.6 Å². The molecule has 3 nitrogen and oxygen atoms in total. The Morgan fingerprint density at radius 3 is 2.87 bits per heavy atom. The van der Waals surface area contributed by atoms with Gasteiger partial charge in [-0.1, -0.05) is 0 Å². The van der Waals surface area contributed by atoms with E-state index in [1.54, 1.807) is 0 Å². The lowest BCUT2D eigenvalue weighted by molar-refractivity contribution is 0.750. The van der Waals surface area contributed by atoms with E-state index in [0.717, 1.165) is 17.0 Å². The van der Waals surface area contributed by atoms with E-state index < -0.39 is 0 Å². The van der Waals surface area contributed by atoms with Crippen molar-refractivity contribution < 1.29 is 0 Å². The zero-order valence-electron chi connectivity index (χ0n) is 8.82. The van der Waals surface area contributed by atoms with Crippen LogP contribution in [0.2, 0.25) is 0 Å². The second-order valence-corrected chi connectivity index (χ2v) is 4.01. The largest absolute Gasteiger partial charge is 0.337 e. The fourth-order valence-corrected chi connectivity index (χ4v) is 1.78. The first kappa shape index (κ1) is 10.1. The smallest absolute Gasteiger partial charge is 0.177 e. The molecular weight excluding hydrogens is 206 g/mol. The third-order valence-corrected chi connectivity index (χ3v) is 2.89. The quantitative estimate of drug-likeness (QED) is 0.788. The van der Waals surface area contributed by atoms with E-state index >= 15 is 0 Å². The number of hydrogen-bond donors (Lipinski definition) is 1. The molecule has 0 aliphatic heterocycles. The molecule has 0 aliphatic carbocycles. The fourth-order valence-electron chi connectivity index (χ4n) is 1.51. The Balaban J connectivity index is 2.38. The number of nitrogens with zero attached hydrogens (tertiary/aromatic N) is 2. The van der Waals surface area contributed by atoms with Gasteiger partial charge in [0.15, 0.2) is 4.77 Å². The first-order valence-corrected chi connectivity index (χ1v) is 5.23. The van der Waals surface area contributed by atoms with Gasteiger partial charge in [0.05, 0.1) is 6.54 Å². The minimum absolute atomic E-state index is 0.760. The summed E-state index contributed by atoms with van der Waals surface area (Å²) in [5, 5.41) is 0. The summed E-state index contributed by atoms with van der Waals surface area (Å²) >= 11 is 5.20. The number of aromatic nitrogens is 3. The maximum atomic E-state index is 5.20. The number of hydrogen-bond acceptors (Lipinski definition) is 2. The second kappa shape index (κ2) is 3.98. The normalized spacial score (nSPS) is 10.5. The van der Waals surface area contributed by atoms with Crippen LogP contribution in [0.1, 0.15) is 16.8 Å². The van der Waals surface area contributed by atoms with Gasteiger partial charge in [-0.25, -0.2) is 0 Å². The first-order valence-electron chi connectivity index (χ1n) is 4.83. The average molecular weight is 219 g/mol. The Morgan fingerprint density at radius 2 is 2.27 bits per heavy atom. The number of H-pyrrole nitrogens is 1. The maximum Gasteiger partial charge on any atom is 0.177 e. The minimum atomic E-state index is 0.760. The minimum Gasteiger partial charge on any atom is -0.337 e. The lowest BCUT2D eigenvalue weighted by Crippen LogP contribution is -2.03. The highest BCUT2D eigenvalue weighted by Gasteiger charge is 2.02. The highest BCUT2D eigenvalue weighted by Crippen LogP contribution is 2.09. The molecule has 78 valence electrons. The molecule has 2 aromatic rings. The van der Waals surface area contributed by atoms with Gasteiger partial charge in [-0.2, -0.15) is 0 Å². The molecule has 0 bridgehead atoms. The SMILES string of the molecule is Cc1ccncc1Cn1c(C)c[nH]c1=S. The lowest BCUT2D eigenvalue weighted by atomic mass is 10.1. The van der Waals surface area contributed by atoms with E-state index in [9.17, 15) is 0 Å². The number of rotatable bonds is 2. The monoisotopic (exact) mass is 219 g/mol. The number of imidazole rings is 1. The van der Waals surface area contributed by atoms with Crippen LogP contribution >= 0.6 is 12.2 Å². The van der Waals surface area contributed by atoms with Crippen LogP contribution < -0.4 is 0 Å². The summed E-state index contributed by atoms with van der Waals surface area (Å²) < 4.78 is 2.83. The summed E-state index contributed by atoms with van der Waals surface area (Å²) in [6.07, 6.45) is 5.62. The molecule has 0 unspecified atom stereocenters. The number of pyridine rings is 1. The van der Waals surface area contributed by atoms with E-state index in [-0.39, 0.29) is 0 Å². The molecule has 2 rings (SSSR count). The van der Waals surface area contributed by atoms with Gasteiger partial charge < -0.3 is 9.55 Å². The van der Waals surface area contributed by atoms with Crippen molar-refractivity contribution in [2.45, 2.75) is 20.4 Å². The number of aromatic amines is 1. The third kappa shape index (κ3) is 1.99. The third-order valence-electron chi connectivity index (χ3n) is 2.55. The van der Waals surface area contributed by atoms with Gasteiger partial charge in [-0.05, 0) is 43.3 Å². The molecule has 2 aromatic heterocycles. The van der Waals surface area contributed by atoms with Gasteiger partial charge in [0.1, 0.15) is 0 Å². The van der Waals surface area contributed by atoms with E-state index in [4.69, 9.17) is 12.2 Å². The summed E-state index contributed by atoms with van der Waals surface area (Å²) in [5.74, 6) is 0. The van der Waals surface area contributed by atoms with Crippen molar-refractivity contribution >= 4 is 12.2 Å². The van der Waals surface area contributed by atoms with Crippen LogP contribution in [0.5, 0.6) is 0 Å². The standard InChI is InChI=1S/C11H13N3S/c1-8-3-4-12-6-10(8)7-14-9(2)5-13-11(14)15/h3-6H,7H2,1-2H3,(H,13,15). The molecule has 0 saturated heterocycles. The molecular formula is C11H13N3S. The highest BCUT2D eigenvalue weighted by atomic mass is 32.1. The van der Waals surface area contributed by atoms with Crippen LogP contribution in [0.15, 0.2) is 24.7 Å². The Morgan fingerprint density at radius 1 is 1.47 bits per heavy atom. The molecule has 0 atom stereocenters. The predicted molar refractivity (Wildman–Crippen MR) is 62.4 cm³/mol. The zero-order chi connectivity index (χ0) is 10.8. The van der Waals surface area contributed by atoms with Crippen molar-refractivity contribution in [1.82, 2.24) is 14.5 Å².